The van der Waals surface area contributed by atoms with Crippen LogP contribution in [0.25, 0.3) is 0 Å². The Morgan fingerprint density at radius 2 is 2.11 bits per heavy atom. The Morgan fingerprint density at radius 3 is 2.68 bits per heavy atom. The van der Waals surface area contributed by atoms with Crippen molar-refractivity contribution in [1.82, 2.24) is 5.32 Å². The summed E-state index contributed by atoms with van der Waals surface area (Å²) in [5, 5.41) is 3.46. The van der Waals surface area contributed by atoms with E-state index in [1.807, 2.05) is 0 Å². The first-order valence-corrected chi connectivity index (χ1v) is 7.72. The van der Waals surface area contributed by atoms with E-state index >= 15 is 0 Å². The fraction of sp³-hybridized carbons (Fsp3) is 0.647. The van der Waals surface area contributed by atoms with E-state index in [-0.39, 0.29) is 0 Å². The SMILES string of the molecule is CCCNCc1ccc(N(C)CC2CCC2)c(C)c1. The molecule has 0 spiro atoms. The van der Waals surface area contributed by atoms with E-state index in [0.717, 1.165) is 19.0 Å². The predicted molar refractivity (Wildman–Crippen MR) is 83.8 cm³/mol. The maximum Gasteiger partial charge on any atom is 0.0393 e. The number of hydrogen-bond acceptors (Lipinski definition) is 2. The molecule has 2 nitrogen and oxygen atoms in total. The number of nitrogens with zero attached hydrogens (tertiary/aromatic N) is 1. The fourth-order valence-electron chi connectivity index (χ4n) is 2.83. The average Bonchev–Trinajstić information content (AvgIpc) is 2.34. The Hall–Kier alpha value is -1.02. The van der Waals surface area contributed by atoms with Gasteiger partial charge >= 0.3 is 0 Å². The molecule has 0 amide bonds. The highest BCUT2D eigenvalue weighted by Crippen LogP contribution is 2.29. The van der Waals surface area contributed by atoms with Gasteiger partial charge in [-0.3, -0.25) is 0 Å². The van der Waals surface area contributed by atoms with Crippen LogP contribution in [0.4, 0.5) is 5.69 Å². The van der Waals surface area contributed by atoms with Gasteiger partial charge in [0.25, 0.3) is 0 Å². The second kappa shape index (κ2) is 6.95. The van der Waals surface area contributed by atoms with Gasteiger partial charge < -0.3 is 10.2 Å². The van der Waals surface area contributed by atoms with Crippen molar-refractivity contribution in [3.8, 4) is 0 Å². The van der Waals surface area contributed by atoms with E-state index in [1.165, 1.54) is 49.0 Å². The minimum atomic E-state index is 0.926. The smallest absolute Gasteiger partial charge is 0.0393 e. The molecule has 0 saturated heterocycles. The van der Waals surface area contributed by atoms with E-state index in [9.17, 15) is 0 Å². The maximum atomic E-state index is 3.46. The lowest BCUT2D eigenvalue weighted by Crippen LogP contribution is -2.29. The summed E-state index contributed by atoms with van der Waals surface area (Å²) in [6, 6.07) is 6.88. The third-order valence-electron chi connectivity index (χ3n) is 4.19. The quantitative estimate of drug-likeness (QED) is 0.751. The van der Waals surface area contributed by atoms with Crippen LogP contribution in [0.5, 0.6) is 0 Å². The second-order valence-electron chi connectivity index (χ2n) is 5.98. The van der Waals surface area contributed by atoms with Crippen molar-refractivity contribution >= 4 is 5.69 Å². The highest BCUT2D eigenvalue weighted by molar-refractivity contribution is 5.54. The molecule has 1 fully saturated rings. The Labute approximate surface area is 118 Å². The van der Waals surface area contributed by atoms with Crippen molar-refractivity contribution in [2.45, 2.75) is 46.1 Å². The summed E-state index contributed by atoms with van der Waals surface area (Å²) in [5.41, 5.74) is 4.19. The lowest BCUT2D eigenvalue weighted by molar-refractivity contribution is 0.321. The van der Waals surface area contributed by atoms with Gasteiger partial charge in [-0.05, 0) is 55.8 Å². The summed E-state index contributed by atoms with van der Waals surface area (Å²) in [7, 11) is 2.23. The van der Waals surface area contributed by atoms with Gasteiger partial charge in [-0.15, -0.1) is 0 Å². The maximum absolute atomic E-state index is 3.46. The molecule has 0 aromatic heterocycles. The molecule has 0 aliphatic heterocycles. The topological polar surface area (TPSA) is 15.3 Å². The Kier molecular flexibility index (Phi) is 5.26. The molecule has 0 radical (unpaired) electrons. The van der Waals surface area contributed by atoms with Crippen molar-refractivity contribution < 1.29 is 0 Å². The highest BCUT2D eigenvalue weighted by Gasteiger charge is 2.19. The normalized spacial score (nSPS) is 15.3. The van der Waals surface area contributed by atoms with Gasteiger partial charge in [0.2, 0.25) is 0 Å². The third-order valence-corrected chi connectivity index (χ3v) is 4.19. The third kappa shape index (κ3) is 3.97. The van der Waals surface area contributed by atoms with E-state index < -0.39 is 0 Å². The molecule has 0 heterocycles. The van der Waals surface area contributed by atoms with Crippen LogP contribution in [0.3, 0.4) is 0 Å². The summed E-state index contributed by atoms with van der Waals surface area (Å²) in [6.07, 6.45) is 5.46. The van der Waals surface area contributed by atoms with Crippen LogP contribution >= 0.6 is 0 Å². The number of aryl methyl sites for hydroxylation is 1. The van der Waals surface area contributed by atoms with Crippen LogP contribution < -0.4 is 10.2 Å². The number of benzene rings is 1. The fourth-order valence-corrected chi connectivity index (χ4v) is 2.83. The number of rotatable bonds is 7. The van der Waals surface area contributed by atoms with E-state index in [1.54, 1.807) is 0 Å². The second-order valence-corrected chi connectivity index (χ2v) is 5.98. The van der Waals surface area contributed by atoms with Crippen LogP contribution in [0.2, 0.25) is 0 Å². The zero-order chi connectivity index (χ0) is 13.7. The number of anilines is 1. The van der Waals surface area contributed by atoms with Crippen molar-refractivity contribution in [1.29, 1.82) is 0 Å². The van der Waals surface area contributed by atoms with Gasteiger partial charge in [-0.25, -0.2) is 0 Å². The summed E-state index contributed by atoms with van der Waals surface area (Å²) >= 11 is 0. The molecular formula is C17H28N2. The van der Waals surface area contributed by atoms with Gasteiger partial charge in [-0.1, -0.05) is 25.5 Å². The molecule has 1 aliphatic rings. The van der Waals surface area contributed by atoms with Crippen molar-refractivity contribution in [3.05, 3.63) is 29.3 Å². The van der Waals surface area contributed by atoms with Gasteiger partial charge in [0.05, 0.1) is 0 Å². The van der Waals surface area contributed by atoms with Gasteiger partial charge in [0, 0.05) is 25.8 Å². The van der Waals surface area contributed by atoms with E-state index in [4.69, 9.17) is 0 Å². The summed E-state index contributed by atoms with van der Waals surface area (Å²) in [6.45, 7) is 7.74. The molecule has 0 unspecified atom stereocenters. The average molecular weight is 260 g/mol. The minimum absolute atomic E-state index is 0.926. The number of hydrogen-bond donors (Lipinski definition) is 1. The van der Waals surface area contributed by atoms with Crippen LogP contribution in [-0.4, -0.2) is 20.1 Å². The molecular weight excluding hydrogens is 232 g/mol. The lowest BCUT2D eigenvalue weighted by atomic mass is 9.85. The van der Waals surface area contributed by atoms with Gasteiger partial charge in [0.1, 0.15) is 0 Å². The highest BCUT2D eigenvalue weighted by atomic mass is 15.1. The predicted octanol–water partition coefficient (Wildman–Crippen LogP) is 3.73. The van der Waals surface area contributed by atoms with Crippen molar-refractivity contribution in [3.63, 3.8) is 0 Å². The Morgan fingerprint density at radius 1 is 1.32 bits per heavy atom. The molecule has 0 atom stereocenters. The van der Waals surface area contributed by atoms with E-state index in [2.05, 4.69) is 49.3 Å². The summed E-state index contributed by atoms with van der Waals surface area (Å²) in [5.74, 6) is 0.926. The number of nitrogens with one attached hydrogen (secondary N) is 1. The molecule has 106 valence electrons. The van der Waals surface area contributed by atoms with Crippen molar-refractivity contribution in [2.24, 2.45) is 5.92 Å². The first-order valence-electron chi connectivity index (χ1n) is 7.72. The van der Waals surface area contributed by atoms with E-state index in [0.29, 0.717) is 0 Å². The molecule has 19 heavy (non-hydrogen) atoms. The first kappa shape index (κ1) is 14.4. The molecule has 1 aromatic rings. The molecule has 2 rings (SSSR count). The van der Waals surface area contributed by atoms with Gasteiger partial charge in [-0.2, -0.15) is 0 Å². The monoisotopic (exact) mass is 260 g/mol. The Bertz CT molecular complexity index is 396. The van der Waals surface area contributed by atoms with Crippen LogP contribution in [0, 0.1) is 12.8 Å². The summed E-state index contributed by atoms with van der Waals surface area (Å²) < 4.78 is 0. The largest absolute Gasteiger partial charge is 0.374 e. The molecule has 1 aliphatic carbocycles. The first-order chi connectivity index (χ1) is 9.20. The lowest BCUT2D eigenvalue weighted by Gasteiger charge is -2.32. The summed E-state index contributed by atoms with van der Waals surface area (Å²) in [4.78, 5) is 2.43. The molecule has 1 aromatic carbocycles. The van der Waals surface area contributed by atoms with Gasteiger partial charge in [0.15, 0.2) is 0 Å². The molecule has 1 N–H and O–H groups in total. The van der Waals surface area contributed by atoms with Crippen LogP contribution in [-0.2, 0) is 6.54 Å². The minimum Gasteiger partial charge on any atom is -0.374 e. The van der Waals surface area contributed by atoms with Crippen LogP contribution in [0.1, 0.15) is 43.7 Å². The zero-order valence-electron chi connectivity index (χ0n) is 12.7. The van der Waals surface area contributed by atoms with Crippen LogP contribution in [0.15, 0.2) is 18.2 Å². The zero-order valence-corrected chi connectivity index (χ0v) is 12.7. The Balaban J connectivity index is 1.93. The van der Waals surface area contributed by atoms with Crippen molar-refractivity contribution in [2.75, 3.05) is 25.0 Å². The molecule has 1 saturated carbocycles. The molecule has 0 bridgehead atoms. The standard InChI is InChI=1S/C17H28N2/c1-4-10-18-12-16-8-9-17(14(2)11-16)19(3)13-15-6-5-7-15/h8-9,11,15,18H,4-7,10,12-13H2,1-3H3. The molecule has 2 heteroatoms.